The van der Waals surface area contributed by atoms with Crippen LogP contribution in [0.1, 0.15) is 42.0 Å². The van der Waals surface area contributed by atoms with Gasteiger partial charge in [-0.1, -0.05) is 19.1 Å². The number of nitrogens with one attached hydrogen (secondary N) is 1. The Morgan fingerprint density at radius 2 is 2.10 bits per heavy atom. The van der Waals surface area contributed by atoms with E-state index in [1.165, 1.54) is 6.07 Å². The number of aliphatic hydroxyl groups excluding tert-OH is 1. The van der Waals surface area contributed by atoms with Gasteiger partial charge in [0.25, 0.3) is 0 Å². The van der Waals surface area contributed by atoms with Crippen molar-refractivity contribution in [2.75, 3.05) is 0 Å². The van der Waals surface area contributed by atoms with Gasteiger partial charge < -0.3 is 14.8 Å². The number of hydrogen-bond acceptors (Lipinski definition) is 3. The van der Waals surface area contributed by atoms with E-state index in [9.17, 15) is 4.39 Å². The van der Waals surface area contributed by atoms with Gasteiger partial charge in [-0.3, -0.25) is 0 Å². The molecule has 2 aromatic rings. The van der Waals surface area contributed by atoms with E-state index < -0.39 is 0 Å². The highest BCUT2D eigenvalue weighted by Crippen LogP contribution is 2.35. The Kier molecular flexibility index (Phi) is 4.08. The fourth-order valence-corrected chi connectivity index (χ4v) is 3.10. The van der Waals surface area contributed by atoms with Crippen molar-refractivity contribution in [1.29, 1.82) is 0 Å². The lowest BCUT2D eigenvalue weighted by atomic mass is 9.80. The molecule has 0 amide bonds. The maximum atomic E-state index is 13.9. The molecule has 1 aromatic heterocycles. The second-order valence-electron chi connectivity index (χ2n) is 5.71. The number of benzene rings is 1. The van der Waals surface area contributed by atoms with Crippen LogP contribution in [0.25, 0.3) is 0 Å². The number of rotatable bonds is 4. The zero-order chi connectivity index (χ0) is 14.8. The Hall–Kier alpha value is -1.65. The molecule has 0 fully saturated rings. The molecule has 3 nitrogen and oxygen atoms in total. The third-order valence-electron chi connectivity index (χ3n) is 4.28. The maximum Gasteiger partial charge on any atom is 0.129 e. The highest BCUT2D eigenvalue weighted by Gasteiger charge is 2.27. The van der Waals surface area contributed by atoms with Crippen LogP contribution in [-0.2, 0) is 19.6 Å². The highest BCUT2D eigenvalue weighted by molar-refractivity contribution is 5.34. The summed E-state index contributed by atoms with van der Waals surface area (Å²) in [6.45, 7) is 2.67. The van der Waals surface area contributed by atoms with Crippen LogP contribution >= 0.6 is 0 Å². The Morgan fingerprint density at radius 1 is 1.29 bits per heavy atom. The predicted molar refractivity (Wildman–Crippen MR) is 78.1 cm³/mol. The van der Waals surface area contributed by atoms with Crippen LogP contribution in [0.2, 0.25) is 0 Å². The molecule has 0 spiro atoms. The Balaban J connectivity index is 1.77. The number of halogens is 1. The Morgan fingerprint density at radius 3 is 2.86 bits per heavy atom. The van der Waals surface area contributed by atoms with Gasteiger partial charge in [0.15, 0.2) is 0 Å². The molecular formula is C17H20FNO2. The second-order valence-corrected chi connectivity index (χ2v) is 5.71. The number of furan rings is 1. The van der Waals surface area contributed by atoms with Crippen molar-refractivity contribution in [3.63, 3.8) is 0 Å². The van der Waals surface area contributed by atoms with Crippen molar-refractivity contribution in [3.8, 4) is 0 Å². The van der Waals surface area contributed by atoms with Crippen molar-refractivity contribution in [2.45, 2.75) is 39.0 Å². The molecule has 21 heavy (non-hydrogen) atoms. The zero-order valence-corrected chi connectivity index (χ0v) is 12.1. The van der Waals surface area contributed by atoms with Crippen LogP contribution in [-0.4, -0.2) is 5.11 Å². The van der Waals surface area contributed by atoms with Gasteiger partial charge >= 0.3 is 0 Å². The molecule has 3 rings (SSSR count). The molecule has 2 atom stereocenters. The first-order valence-electron chi connectivity index (χ1n) is 7.38. The monoisotopic (exact) mass is 289 g/mol. The predicted octanol–water partition coefficient (Wildman–Crippen LogP) is 3.32. The minimum Gasteiger partial charge on any atom is -0.462 e. The normalized spacial score (nSPS) is 21.3. The van der Waals surface area contributed by atoms with Crippen LogP contribution < -0.4 is 5.32 Å². The molecule has 0 radical (unpaired) electrons. The molecule has 0 saturated carbocycles. The topological polar surface area (TPSA) is 45.4 Å². The summed E-state index contributed by atoms with van der Waals surface area (Å²) in [4.78, 5) is 0. The van der Waals surface area contributed by atoms with Gasteiger partial charge in [-0.05, 0) is 48.1 Å². The van der Waals surface area contributed by atoms with Crippen LogP contribution in [0, 0.1) is 11.7 Å². The lowest BCUT2D eigenvalue weighted by molar-refractivity contribution is 0.240. The third-order valence-corrected chi connectivity index (χ3v) is 4.28. The van der Waals surface area contributed by atoms with E-state index in [2.05, 4.69) is 12.2 Å². The molecule has 1 aliphatic rings. The lowest BCUT2D eigenvalue weighted by Gasteiger charge is -2.32. The first kappa shape index (κ1) is 14.3. The molecule has 0 aliphatic heterocycles. The van der Waals surface area contributed by atoms with E-state index in [0.717, 1.165) is 29.7 Å². The average molecular weight is 289 g/mol. The molecule has 1 heterocycles. The highest BCUT2D eigenvalue weighted by atomic mass is 19.1. The van der Waals surface area contributed by atoms with Crippen LogP contribution in [0.4, 0.5) is 4.39 Å². The average Bonchev–Trinajstić information content (AvgIpc) is 2.94. The van der Waals surface area contributed by atoms with Gasteiger partial charge in [0.1, 0.15) is 23.9 Å². The standard InChI is InChI=1S/C17H20FNO2/c1-11-5-8-14-15(3-2-4-16(14)18)17(11)19-9-12-6-7-13(10-20)21-12/h2-4,6-7,11,17,19-20H,5,8-10H2,1H3. The van der Waals surface area contributed by atoms with Gasteiger partial charge in [0.05, 0.1) is 6.54 Å². The summed E-state index contributed by atoms with van der Waals surface area (Å²) >= 11 is 0. The molecule has 2 N–H and O–H groups in total. The van der Waals surface area contributed by atoms with Crippen molar-refractivity contribution >= 4 is 0 Å². The van der Waals surface area contributed by atoms with Crippen molar-refractivity contribution in [3.05, 3.63) is 58.8 Å². The third kappa shape index (κ3) is 2.87. The van der Waals surface area contributed by atoms with E-state index in [1.54, 1.807) is 12.1 Å². The molecule has 0 saturated heterocycles. The van der Waals surface area contributed by atoms with Gasteiger partial charge in [0, 0.05) is 6.04 Å². The minimum atomic E-state index is -0.105. The number of aliphatic hydroxyl groups is 1. The lowest BCUT2D eigenvalue weighted by Crippen LogP contribution is -2.31. The number of hydrogen-bond donors (Lipinski definition) is 2. The summed E-state index contributed by atoms with van der Waals surface area (Å²) in [6, 6.07) is 9.08. The van der Waals surface area contributed by atoms with Crippen LogP contribution in [0.15, 0.2) is 34.7 Å². The fourth-order valence-electron chi connectivity index (χ4n) is 3.10. The van der Waals surface area contributed by atoms with Gasteiger partial charge in [-0.2, -0.15) is 0 Å². The van der Waals surface area contributed by atoms with Gasteiger partial charge in [0.2, 0.25) is 0 Å². The van der Waals surface area contributed by atoms with Gasteiger partial charge in [-0.15, -0.1) is 0 Å². The van der Waals surface area contributed by atoms with E-state index in [1.807, 2.05) is 12.1 Å². The number of fused-ring (bicyclic) bond motifs is 1. The van der Waals surface area contributed by atoms with Crippen molar-refractivity contribution in [1.82, 2.24) is 5.32 Å². The Bertz CT molecular complexity index is 623. The van der Waals surface area contributed by atoms with Crippen LogP contribution in [0.5, 0.6) is 0 Å². The van der Waals surface area contributed by atoms with E-state index in [4.69, 9.17) is 9.52 Å². The molecule has 0 bridgehead atoms. The largest absolute Gasteiger partial charge is 0.462 e. The first-order valence-corrected chi connectivity index (χ1v) is 7.38. The molecule has 1 aliphatic carbocycles. The molecular weight excluding hydrogens is 269 g/mol. The van der Waals surface area contributed by atoms with Gasteiger partial charge in [-0.25, -0.2) is 4.39 Å². The minimum absolute atomic E-state index is 0.0894. The maximum absolute atomic E-state index is 13.9. The Labute approximate surface area is 123 Å². The zero-order valence-electron chi connectivity index (χ0n) is 12.1. The summed E-state index contributed by atoms with van der Waals surface area (Å²) in [5, 5.41) is 12.5. The summed E-state index contributed by atoms with van der Waals surface area (Å²) in [7, 11) is 0. The molecule has 1 aromatic carbocycles. The second kappa shape index (κ2) is 6.00. The van der Waals surface area contributed by atoms with E-state index >= 15 is 0 Å². The fraction of sp³-hybridized carbons (Fsp3) is 0.412. The van der Waals surface area contributed by atoms with E-state index in [0.29, 0.717) is 18.2 Å². The van der Waals surface area contributed by atoms with E-state index in [-0.39, 0.29) is 18.5 Å². The summed E-state index contributed by atoms with van der Waals surface area (Å²) in [6.07, 6.45) is 1.78. The summed E-state index contributed by atoms with van der Waals surface area (Å²) in [5.41, 5.74) is 1.89. The van der Waals surface area contributed by atoms with Crippen LogP contribution in [0.3, 0.4) is 0 Å². The summed E-state index contributed by atoms with van der Waals surface area (Å²) < 4.78 is 19.4. The SMILES string of the molecule is CC1CCc2c(F)cccc2C1NCc1ccc(CO)o1. The molecule has 4 heteroatoms. The molecule has 112 valence electrons. The summed E-state index contributed by atoms with van der Waals surface area (Å²) in [5.74, 6) is 1.70. The quantitative estimate of drug-likeness (QED) is 0.907. The smallest absolute Gasteiger partial charge is 0.129 e. The van der Waals surface area contributed by atoms with Crippen molar-refractivity contribution < 1.29 is 13.9 Å². The molecule has 2 unspecified atom stereocenters. The first-order chi connectivity index (χ1) is 10.2. The van der Waals surface area contributed by atoms with Crippen molar-refractivity contribution in [2.24, 2.45) is 5.92 Å².